The van der Waals surface area contributed by atoms with Crippen LogP contribution < -0.4 is 5.73 Å². The Labute approximate surface area is 82.3 Å². The van der Waals surface area contributed by atoms with Crippen molar-refractivity contribution in [1.29, 1.82) is 0 Å². The van der Waals surface area contributed by atoms with Gasteiger partial charge < -0.3 is 10.2 Å². The molecule has 0 fully saturated rings. The molecule has 2 rings (SSSR count). The molecule has 2 heterocycles. The Bertz CT molecular complexity index is 391. The van der Waals surface area contributed by atoms with Crippen molar-refractivity contribution in [3.8, 4) is 0 Å². The summed E-state index contributed by atoms with van der Waals surface area (Å²) in [4.78, 5) is 0. The molecule has 4 nitrogen and oxygen atoms in total. The van der Waals surface area contributed by atoms with Gasteiger partial charge in [0.25, 0.3) is 0 Å². The predicted molar refractivity (Wildman–Crippen MR) is 52.5 cm³/mol. The Morgan fingerprint density at radius 1 is 1.64 bits per heavy atom. The zero-order chi connectivity index (χ0) is 9.97. The summed E-state index contributed by atoms with van der Waals surface area (Å²) in [5.41, 5.74) is 7.07. The molecule has 0 aliphatic carbocycles. The normalized spacial score (nSPS) is 13.0. The van der Waals surface area contributed by atoms with Crippen LogP contribution >= 0.6 is 0 Å². The second kappa shape index (κ2) is 3.67. The molecule has 4 heteroatoms. The second-order valence-electron chi connectivity index (χ2n) is 3.35. The minimum absolute atomic E-state index is 0.0887. The van der Waals surface area contributed by atoms with Gasteiger partial charge in [-0.25, -0.2) is 0 Å². The van der Waals surface area contributed by atoms with E-state index in [1.54, 1.807) is 10.9 Å². The highest BCUT2D eigenvalue weighted by Crippen LogP contribution is 2.15. The smallest absolute Gasteiger partial charge is 0.120 e. The lowest BCUT2D eigenvalue weighted by Gasteiger charge is -2.05. The molecule has 0 saturated heterocycles. The SMILES string of the molecule is Cn1cc(CC(N)c2ccco2)cn1. The monoisotopic (exact) mass is 191 g/mol. The Balaban J connectivity index is 2.05. The van der Waals surface area contributed by atoms with E-state index >= 15 is 0 Å². The summed E-state index contributed by atoms with van der Waals surface area (Å²) in [6, 6.07) is 3.65. The van der Waals surface area contributed by atoms with Crippen LogP contribution in [0.5, 0.6) is 0 Å². The van der Waals surface area contributed by atoms with Gasteiger partial charge in [-0.2, -0.15) is 5.10 Å². The maximum atomic E-state index is 5.95. The van der Waals surface area contributed by atoms with E-state index in [9.17, 15) is 0 Å². The summed E-state index contributed by atoms with van der Waals surface area (Å²) in [6.45, 7) is 0. The maximum absolute atomic E-state index is 5.95. The number of furan rings is 1. The van der Waals surface area contributed by atoms with Gasteiger partial charge in [0.2, 0.25) is 0 Å². The molecular weight excluding hydrogens is 178 g/mol. The van der Waals surface area contributed by atoms with Crippen molar-refractivity contribution in [2.24, 2.45) is 12.8 Å². The van der Waals surface area contributed by atoms with Crippen LogP contribution in [0.4, 0.5) is 0 Å². The van der Waals surface area contributed by atoms with Crippen LogP contribution in [-0.2, 0) is 13.5 Å². The fourth-order valence-electron chi connectivity index (χ4n) is 1.43. The molecule has 14 heavy (non-hydrogen) atoms. The third-order valence-corrected chi connectivity index (χ3v) is 2.12. The third-order valence-electron chi connectivity index (χ3n) is 2.12. The molecule has 2 aromatic heterocycles. The van der Waals surface area contributed by atoms with Crippen molar-refractivity contribution < 1.29 is 4.42 Å². The first-order valence-corrected chi connectivity index (χ1v) is 4.52. The van der Waals surface area contributed by atoms with Crippen molar-refractivity contribution in [1.82, 2.24) is 9.78 Å². The van der Waals surface area contributed by atoms with Gasteiger partial charge in [-0.15, -0.1) is 0 Å². The lowest BCUT2D eigenvalue weighted by Crippen LogP contribution is -2.11. The van der Waals surface area contributed by atoms with Crippen LogP contribution in [0.1, 0.15) is 17.4 Å². The molecule has 0 saturated carbocycles. The van der Waals surface area contributed by atoms with Crippen LogP contribution in [0.15, 0.2) is 35.2 Å². The van der Waals surface area contributed by atoms with Crippen molar-refractivity contribution in [2.45, 2.75) is 12.5 Å². The number of aryl methyl sites for hydroxylation is 1. The van der Waals surface area contributed by atoms with Crippen molar-refractivity contribution in [2.75, 3.05) is 0 Å². The van der Waals surface area contributed by atoms with Gasteiger partial charge >= 0.3 is 0 Å². The summed E-state index contributed by atoms with van der Waals surface area (Å²) in [5.74, 6) is 0.814. The van der Waals surface area contributed by atoms with Gasteiger partial charge in [0.05, 0.1) is 18.5 Å². The number of hydrogen-bond acceptors (Lipinski definition) is 3. The highest BCUT2D eigenvalue weighted by molar-refractivity contribution is 5.11. The fraction of sp³-hybridized carbons (Fsp3) is 0.300. The Hall–Kier alpha value is -1.55. The summed E-state index contributed by atoms with van der Waals surface area (Å²) in [6.07, 6.45) is 6.17. The summed E-state index contributed by atoms with van der Waals surface area (Å²) in [5, 5.41) is 4.08. The van der Waals surface area contributed by atoms with Crippen LogP contribution in [0.3, 0.4) is 0 Å². The molecule has 74 valence electrons. The summed E-state index contributed by atoms with van der Waals surface area (Å²) < 4.78 is 6.99. The molecule has 0 aliphatic heterocycles. The van der Waals surface area contributed by atoms with Gasteiger partial charge in [-0.3, -0.25) is 4.68 Å². The summed E-state index contributed by atoms with van der Waals surface area (Å²) in [7, 11) is 1.89. The molecule has 0 bridgehead atoms. The van der Waals surface area contributed by atoms with E-state index in [2.05, 4.69) is 5.10 Å². The van der Waals surface area contributed by atoms with Gasteiger partial charge in [0.1, 0.15) is 5.76 Å². The van der Waals surface area contributed by atoms with E-state index in [4.69, 9.17) is 10.2 Å². The lowest BCUT2D eigenvalue weighted by molar-refractivity contribution is 0.464. The Morgan fingerprint density at radius 3 is 3.07 bits per heavy atom. The van der Waals surface area contributed by atoms with Crippen LogP contribution in [0.25, 0.3) is 0 Å². The number of rotatable bonds is 3. The average Bonchev–Trinajstić information content (AvgIpc) is 2.75. The van der Waals surface area contributed by atoms with Gasteiger partial charge in [0.15, 0.2) is 0 Å². The average molecular weight is 191 g/mol. The zero-order valence-electron chi connectivity index (χ0n) is 8.05. The first kappa shape index (κ1) is 9.02. The molecule has 0 aliphatic rings. The Morgan fingerprint density at radius 2 is 2.50 bits per heavy atom. The zero-order valence-corrected chi connectivity index (χ0v) is 8.05. The molecule has 0 aromatic carbocycles. The number of aromatic nitrogens is 2. The van der Waals surface area contributed by atoms with E-state index in [-0.39, 0.29) is 6.04 Å². The standard InChI is InChI=1S/C10H13N3O/c1-13-7-8(6-12-13)5-9(11)10-3-2-4-14-10/h2-4,6-7,9H,5,11H2,1H3. The predicted octanol–water partition coefficient (Wildman–Crippen LogP) is 1.26. The number of nitrogens with two attached hydrogens (primary N) is 1. The fourth-order valence-corrected chi connectivity index (χ4v) is 1.43. The molecule has 1 unspecified atom stereocenters. The Kier molecular flexibility index (Phi) is 2.37. The minimum atomic E-state index is -0.0887. The molecular formula is C10H13N3O. The third kappa shape index (κ3) is 1.85. The number of hydrogen-bond donors (Lipinski definition) is 1. The van der Waals surface area contributed by atoms with Crippen molar-refractivity contribution in [3.05, 3.63) is 42.1 Å². The van der Waals surface area contributed by atoms with Crippen LogP contribution in [0.2, 0.25) is 0 Å². The van der Waals surface area contributed by atoms with E-state index in [1.807, 2.05) is 31.6 Å². The van der Waals surface area contributed by atoms with Crippen molar-refractivity contribution >= 4 is 0 Å². The van der Waals surface area contributed by atoms with E-state index < -0.39 is 0 Å². The van der Waals surface area contributed by atoms with Crippen molar-refractivity contribution in [3.63, 3.8) is 0 Å². The van der Waals surface area contributed by atoms with E-state index in [1.165, 1.54) is 0 Å². The largest absolute Gasteiger partial charge is 0.468 e. The lowest BCUT2D eigenvalue weighted by atomic mass is 10.1. The quantitative estimate of drug-likeness (QED) is 0.794. The van der Waals surface area contributed by atoms with Gasteiger partial charge in [0, 0.05) is 13.2 Å². The van der Waals surface area contributed by atoms with Gasteiger partial charge in [-0.1, -0.05) is 0 Å². The minimum Gasteiger partial charge on any atom is -0.468 e. The molecule has 2 N–H and O–H groups in total. The summed E-state index contributed by atoms with van der Waals surface area (Å²) >= 11 is 0. The van der Waals surface area contributed by atoms with Crippen LogP contribution in [0, 0.1) is 0 Å². The highest BCUT2D eigenvalue weighted by atomic mass is 16.3. The molecule has 0 amide bonds. The second-order valence-corrected chi connectivity index (χ2v) is 3.35. The first-order valence-electron chi connectivity index (χ1n) is 4.52. The van der Waals surface area contributed by atoms with Gasteiger partial charge in [-0.05, 0) is 24.1 Å². The maximum Gasteiger partial charge on any atom is 0.120 e. The first-order chi connectivity index (χ1) is 6.75. The molecule has 0 radical (unpaired) electrons. The highest BCUT2D eigenvalue weighted by Gasteiger charge is 2.10. The molecule has 0 spiro atoms. The topological polar surface area (TPSA) is 57.0 Å². The number of nitrogens with zero attached hydrogens (tertiary/aromatic N) is 2. The molecule has 2 aromatic rings. The molecule has 1 atom stereocenters. The van der Waals surface area contributed by atoms with E-state index in [0.29, 0.717) is 0 Å². The van der Waals surface area contributed by atoms with E-state index in [0.717, 1.165) is 17.7 Å². The van der Waals surface area contributed by atoms with Crippen LogP contribution in [-0.4, -0.2) is 9.78 Å².